The number of fused-ring (bicyclic) bond motifs is 1. The molecule has 0 unspecified atom stereocenters. The van der Waals surface area contributed by atoms with Crippen LogP contribution in [0.25, 0.3) is 21.2 Å². The zero-order chi connectivity index (χ0) is 13.9. The van der Waals surface area contributed by atoms with Crippen molar-refractivity contribution in [1.29, 1.82) is 0 Å². The van der Waals surface area contributed by atoms with Crippen LogP contribution >= 0.6 is 11.3 Å². The minimum Gasteiger partial charge on any atom is -0.350 e. The van der Waals surface area contributed by atoms with Gasteiger partial charge in [0.1, 0.15) is 0 Å². The molecule has 0 bridgehead atoms. The van der Waals surface area contributed by atoms with Gasteiger partial charge in [0.15, 0.2) is 0 Å². The summed E-state index contributed by atoms with van der Waals surface area (Å²) in [6.45, 7) is 0. The van der Waals surface area contributed by atoms with Crippen LogP contribution < -0.4 is 0 Å². The molecule has 2 aromatic heterocycles. The second kappa shape index (κ2) is 5.71. The zero-order valence-corrected chi connectivity index (χ0v) is 12.2. The number of aromatic nitrogens is 1. The molecule has 2 heterocycles. The first kappa shape index (κ1) is 13.2. The Bertz CT molecular complexity index is 702. The van der Waals surface area contributed by atoms with E-state index in [0.717, 1.165) is 11.3 Å². The van der Waals surface area contributed by atoms with Crippen LogP contribution in [0.15, 0.2) is 48.0 Å². The van der Waals surface area contributed by atoms with Crippen molar-refractivity contribution in [2.75, 3.05) is 14.2 Å². The van der Waals surface area contributed by atoms with Crippen molar-refractivity contribution in [3.8, 4) is 11.1 Å². The number of nitrogens with zero attached hydrogens (tertiary/aromatic N) is 1. The van der Waals surface area contributed by atoms with E-state index in [0.29, 0.717) is 0 Å². The van der Waals surface area contributed by atoms with Crippen LogP contribution in [0.4, 0.5) is 0 Å². The maximum atomic E-state index is 5.19. The normalized spacial score (nSPS) is 11.3. The Kier molecular flexibility index (Phi) is 3.78. The Morgan fingerprint density at radius 1 is 1.00 bits per heavy atom. The summed E-state index contributed by atoms with van der Waals surface area (Å²) in [6, 6.07) is 12.6. The van der Waals surface area contributed by atoms with E-state index in [1.165, 1.54) is 15.6 Å². The maximum Gasteiger partial charge on any atom is 0.200 e. The molecule has 3 aromatic rings. The molecule has 0 fully saturated rings. The second-order valence-corrected chi connectivity index (χ2v) is 5.40. The van der Waals surface area contributed by atoms with Gasteiger partial charge in [-0.25, -0.2) is 0 Å². The van der Waals surface area contributed by atoms with E-state index in [4.69, 9.17) is 9.47 Å². The number of thiophene rings is 1. The number of benzene rings is 1. The van der Waals surface area contributed by atoms with Crippen molar-refractivity contribution in [2.45, 2.75) is 6.29 Å². The van der Waals surface area contributed by atoms with E-state index in [9.17, 15) is 0 Å². The molecule has 102 valence electrons. The van der Waals surface area contributed by atoms with Crippen LogP contribution in [0.3, 0.4) is 0 Å². The lowest BCUT2D eigenvalue weighted by Gasteiger charge is -2.12. The molecule has 0 N–H and O–H groups in total. The van der Waals surface area contributed by atoms with Gasteiger partial charge in [-0.15, -0.1) is 11.3 Å². The number of hydrogen-bond donors (Lipinski definition) is 0. The van der Waals surface area contributed by atoms with Crippen LogP contribution in [-0.2, 0) is 9.47 Å². The third-order valence-electron chi connectivity index (χ3n) is 3.24. The summed E-state index contributed by atoms with van der Waals surface area (Å²) in [5.74, 6) is 0. The van der Waals surface area contributed by atoms with Gasteiger partial charge in [-0.1, -0.05) is 12.1 Å². The predicted molar refractivity (Wildman–Crippen MR) is 81.8 cm³/mol. The average Bonchev–Trinajstić information content (AvgIpc) is 2.96. The lowest BCUT2D eigenvalue weighted by molar-refractivity contribution is -0.108. The van der Waals surface area contributed by atoms with Crippen LogP contribution in [0, 0.1) is 0 Å². The summed E-state index contributed by atoms with van der Waals surface area (Å²) in [6.07, 6.45) is 1.44. The molecule has 0 amide bonds. The Morgan fingerprint density at radius 2 is 1.80 bits per heavy atom. The molecular weight excluding hydrogens is 270 g/mol. The van der Waals surface area contributed by atoms with Crippen LogP contribution in [0.2, 0.25) is 0 Å². The standard InChI is InChI=1S/C16H15NO2S/c1-18-16(19-2)14-5-3-13(10-17-14)11-4-6-15-12(9-11)7-8-20-15/h3-10,16H,1-2H3. The average molecular weight is 285 g/mol. The molecule has 0 saturated carbocycles. The first-order chi connectivity index (χ1) is 9.81. The van der Waals surface area contributed by atoms with Crippen molar-refractivity contribution in [3.63, 3.8) is 0 Å². The molecule has 4 heteroatoms. The quantitative estimate of drug-likeness (QED) is 0.671. The molecular formula is C16H15NO2S. The molecule has 0 atom stereocenters. The lowest BCUT2D eigenvalue weighted by Crippen LogP contribution is -2.05. The second-order valence-electron chi connectivity index (χ2n) is 4.45. The number of ether oxygens (including phenoxy) is 2. The lowest BCUT2D eigenvalue weighted by atomic mass is 10.1. The third-order valence-corrected chi connectivity index (χ3v) is 4.14. The summed E-state index contributed by atoms with van der Waals surface area (Å²) in [5, 5.41) is 3.38. The third kappa shape index (κ3) is 2.45. The molecule has 0 aliphatic carbocycles. The number of hydrogen-bond acceptors (Lipinski definition) is 4. The summed E-state index contributed by atoms with van der Waals surface area (Å²) in [4.78, 5) is 4.42. The number of rotatable bonds is 4. The molecule has 0 saturated heterocycles. The van der Waals surface area contributed by atoms with Crippen molar-refractivity contribution >= 4 is 21.4 Å². The van der Waals surface area contributed by atoms with Gasteiger partial charge in [-0.2, -0.15) is 0 Å². The van der Waals surface area contributed by atoms with E-state index in [1.54, 1.807) is 25.6 Å². The molecule has 1 aromatic carbocycles. The van der Waals surface area contributed by atoms with Crippen LogP contribution in [-0.4, -0.2) is 19.2 Å². The monoisotopic (exact) mass is 285 g/mol. The van der Waals surface area contributed by atoms with E-state index < -0.39 is 6.29 Å². The topological polar surface area (TPSA) is 31.4 Å². The summed E-state index contributed by atoms with van der Waals surface area (Å²) in [5.41, 5.74) is 3.03. The van der Waals surface area contributed by atoms with E-state index in [-0.39, 0.29) is 0 Å². The maximum absolute atomic E-state index is 5.19. The van der Waals surface area contributed by atoms with Gasteiger partial charge < -0.3 is 9.47 Å². The Labute approximate surface area is 121 Å². The van der Waals surface area contributed by atoms with Gasteiger partial charge in [-0.05, 0) is 40.6 Å². The smallest absolute Gasteiger partial charge is 0.200 e. The van der Waals surface area contributed by atoms with Crippen LogP contribution in [0.5, 0.6) is 0 Å². The minimum atomic E-state index is -0.414. The van der Waals surface area contributed by atoms with Gasteiger partial charge in [0.25, 0.3) is 0 Å². The zero-order valence-electron chi connectivity index (χ0n) is 11.4. The molecule has 0 spiro atoms. The predicted octanol–water partition coefficient (Wildman–Crippen LogP) is 4.25. The fourth-order valence-corrected chi connectivity index (χ4v) is 2.97. The van der Waals surface area contributed by atoms with Gasteiger partial charge in [-0.3, -0.25) is 4.98 Å². The molecule has 3 nitrogen and oxygen atoms in total. The van der Waals surface area contributed by atoms with Gasteiger partial charge in [0.2, 0.25) is 6.29 Å². The Hall–Kier alpha value is -1.75. The van der Waals surface area contributed by atoms with Gasteiger partial charge >= 0.3 is 0 Å². The first-order valence-electron chi connectivity index (χ1n) is 6.31. The van der Waals surface area contributed by atoms with Crippen molar-refractivity contribution in [2.24, 2.45) is 0 Å². The summed E-state index contributed by atoms with van der Waals surface area (Å²) < 4.78 is 11.7. The fraction of sp³-hybridized carbons (Fsp3) is 0.188. The SMILES string of the molecule is COC(OC)c1ccc(-c2ccc3sccc3c2)cn1. The highest BCUT2D eigenvalue weighted by atomic mass is 32.1. The molecule has 20 heavy (non-hydrogen) atoms. The largest absolute Gasteiger partial charge is 0.350 e. The highest BCUT2D eigenvalue weighted by Crippen LogP contribution is 2.27. The van der Waals surface area contributed by atoms with Crippen molar-refractivity contribution < 1.29 is 9.47 Å². The Balaban J connectivity index is 1.93. The van der Waals surface area contributed by atoms with Gasteiger partial charge in [0.05, 0.1) is 5.69 Å². The summed E-state index contributed by atoms with van der Waals surface area (Å²) >= 11 is 1.75. The fourth-order valence-electron chi connectivity index (χ4n) is 2.20. The summed E-state index contributed by atoms with van der Waals surface area (Å²) in [7, 11) is 3.21. The highest BCUT2D eigenvalue weighted by Gasteiger charge is 2.10. The number of methoxy groups -OCH3 is 2. The van der Waals surface area contributed by atoms with Crippen LogP contribution in [0.1, 0.15) is 12.0 Å². The highest BCUT2D eigenvalue weighted by molar-refractivity contribution is 7.17. The van der Waals surface area contributed by atoms with E-state index in [1.807, 2.05) is 18.3 Å². The number of pyridine rings is 1. The van der Waals surface area contributed by atoms with Crippen molar-refractivity contribution in [1.82, 2.24) is 4.98 Å². The van der Waals surface area contributed by atoms with Crippen molar-refractivity contribution in [3.05, 3.63) is 53.7 Å². The molecule has 3 rings (SSSR count). The minimum absolute atomic E-state index is 0.414. The first-order valence-corrected chi connectivity index (χ1v) is 7.19. The van der Waals surface area contributed by atoms with Gasteiger partial charge in [0, 0.05) is 30.7 Å². The molecule has 0 aliphatic heterocycles. The van der Waals surface area contributed by atoms with E-state index in [2.05, 4.69) is 34.6 Å². The molecule has 0 radical (unpaired) electrons. The van der Waals surface area contributed by atoms with E-state index >= 15 is 0 Å². The Morgan fingerprint density at radius 3 is 2.50 bits per heavy atom. The molecule has 0 aliphatic rings.